The first-order valence-electron chi connectivity index (χ1n) is 7.08. The molecule has 3 heterocycles. The van der Waals surface area contributed by atoms with Crippen molar-refractivity contribution in [3.8, 4) is 0 Å². The third-order valence-corrected chi connectivity index (χ3v) is 5.35. The molecular weight excluding hydrogens is 306 g/mol. The molecule has 1 fully saturated rings. The summed E-state index contributed by atoms with van der Waals surface area (Å²) in [6.45, 7) is 0.358. The topological polar surface area (TPSA) is 115 Å². The molecule has 0 atom stereocenters. The summed E-state index contributed by atoms with van der Waals surface area (Å²) in [6.07, 6.45) is 8.00. The van der Waals surface area contributed by atoms with E-state index in [1.165, 1.54) is 0 Å². The Labute approximate surface area is 127 Å². The lowest BCUT2D eigenvalue weighted by molar-refractivity contribution is 0.229. The second-order valence-corrected chi connectivity index (χ2v) is 7.50. The van der Waals surface area contributed by atoms with Crippen LogP contribution in [0.1, 0.15) is 31.0 Å². The molecule has 8 nitrogen and oxygen atoms in total. The average Bonchev–Trinajstić information content (AvgIpc) is 2.93. The molecule has 1 saturated carbocycles. The standard InChI is InChI=1S/C13H15N5O3S/c14-13(4-2-5-13)12-15-11(21-16-12)9-3-1-6-18-7-8-22(19,20)17-10(9)18/h1,3,6H,2,4-5,7-8,14H2. The summed E-state index contributed by atoms with van der Waals surface area (Å²) in [4.78, 5) is 6.12. The smallest absolute Gasteiger partial charge is 0.261 e. The Balaban J connectivity index is 1.74. The van der Waals surface area contributed by atoms with Gasteiger partial charge in [-0.15, -0.1) is 4.40 Å². The Morgan fingerprint density at radius 1 is 1.36 bits per heavy atom. The van der Waals surface area contributed by atoms with E-state index in [1.807, 2.05) is 0 Å². The molecule has 3 aliphatic rings. The van der Waals surface area contributed by atoms with Gasteiger partial charge in [-0.05, 0) is 31.4 Å². The van der Waals surface area contributed by atoms with Crippen molar-refractivity contribution in [1.29, 1.82) is 0 Å². The molecule has 0 unspecified atom stereocenters. The van der Waals surface area contributed by atoms with Crippen LogP contribution in [0.5, 0.6) is 0 Å². The van der Waals surface area contributed by atoms with E-state index in [1.54, 1.807) is 23.3 Å². The van der Waals surface area contributed by atoms with E-state index < -0.39 is 15.6 Å². The predicted octanol–water partition coefficient (Wildman–Crippen LogP) is 0.362. The van der Waals surface area contributed by atoms with Crippen molar-refractivity contribution in [2.24, 2.45) is 10.1 Å². The van der Waals surface area contributed by atoms with E-state index >= 15 is 0 Å². The molecule has 0 radical (unpaired) electrons. The van der Waals surface area contributed by atoms with Gasteiger partial charge < -0.3 is 15.2 Å². The number of amidine groups is 1. The van der Waals surface area contributed by atoms with Crippen LogP contribution in [0.15, 0.2) is 27.3 Å². The Morgan fingerprint density at radius 3 is 2.91 bits per heavy atom. The molecule has 0 amide bonds. The second-order valence-electron chi connectivity index (χ2n) is 5.75. The number of fused-ring (bicyclic) bond motifs is 1. The summed E-state index contributed by atoms with van der Waals surface area (Å²) in [5.74, 6) is 1.03. The van der Waals surface area contributed by atoms with Gasteiger partial charge in [0.15, 0.2) is 11.7 Å². The van der Waals surface area contributed by atoms with Gasteiger partial charge in [0.1, 0.15) is 0 Å². The number of aromatic nitrogens is 2. The van der Waals surface area contributed by atoms with Crippen LogP contribution in [0, 0.1) is 0 Å². The fraction of sp³-hybridized carbons (Fsp3) is 0.462. The van der Waals surface area contributed by atoms with Gasteiger partial charge in [0.2, 0.25) is 0 Å². The minimum atomic E-state index is -3.45. The third-order valence-electron chi connectivity index (χ3n) is 4.21. The van der Waals surface area contributed by atoms with Crippen molar-refractivity contribution < 1.29 is 12.9 Å². The summed E-state index contributed by atoms with van der Waals surface area (Å²) in [6, 6.07) is 0. The van der Waals surface area contributed by atoms with Crippen molar-refractivity contribution in [2.75, 3.05) is 12.3 Å². The molecule has 116 valence electrons. The largest absolute Gasteiger partial charge is 0.334 e. The highest BCUT2D eigenvalue weighted by atomic mass is 32.2. The Morgan fingerprint density at radius 2 is 2.18 bits per heavy atom. The Hall–Kier alpha value is -2.00. The van der Waals surface area contributed by atoms with Gasteiger partial charge in [-0.1, -0.05) is 5.16 Å². The van der Waals surface area contributed by atoms with E-state index in [9.17, 15) is 8.42 Å². The SMILES string of the molecule is NC1(c2noc(C3=CC=CN4CCS(=O)(=O)N=C34)n2)CCC1. The van der Waals surface area contributed by atoms with Crippen LogP contribution in [0.2, 0.25) is 0 Å². The highest BCUT2D eigenvalue weighted by Crippen LogP contribution is 2.37. The van der Waals surface area contributed by atoms with Crippen molar-refractivity contribution in [3.63, 3.8) is 0 Å². The van der Waals surface area contributed by atoms with Gasteiger partial charge in [0, 0.05) is 12.7 Å². The second kappa shape index (κ2) is 4.50. The zero-order valence-corrected chi connectivity index (χ0v) is 12.6. The fourth-order valence-electron chi connectivity index (χ4n) is 2.70. The number of nitrogens with zero attached hydrogens (tertiary/aromatic N) is 4. The zero-order valence-electron chi connectivity index (χ0n) is 11.8. The Kier molecular flexibility index (Phi) is 2.79. The molecule has 0 aromatic carbocycles. The summed E-state index contributed by atoms with van der Waals surface area (Å²) >= 11 is 0. The van der Waals surface area contributed by atoms with Crippen molar-refractivity contribution >= 4 is 21.4 Å². The maximum absolute atomic E-state index is 11.8. The molecule has 1 aromatic rings. The van der Waals surface area contributed by atoms with E-state index in [4.69, 9.17) is 10.3 Å². The molecular formula is C13H15N5O3S. The van der Waals surface area contributed by atoms with Gasteiger partial charge in [-0.25, -0.2) is 8.42 Å². The number of sulfonamides is 1. The molecule has 22 heavy (non-hydrogen) atoms. The number of nitrogens with two attached hydrogens (primary N) is 1. The van der Waals surface area contributed by atoms with Crippen LogP contribution in [0.25, 0.3) is 5.57 Å². The first-order chi connectivity index (χ1) is 10.5. The van der Waals surface area contributed by atoms with E-state index in [-0.39, 0.29) is 11.6 Å². The maximum atomic E-state index is 11.8. The van der Waals surface area contributed by atoms with Crippen molar-refractivity contribution in [3.05, 3.63) is 30.1 Å². The fourth-order valence-corrected chi connectivity index (χ4v) is 3.68. The molecule has 1 aromatic heterocycles. The monoisotopic (exact) mass is 321 g/mol. The van der Waals surface area contributed by atoms with Crippen LogP contribution >= 0.6 is 0 Å². The van der Waals surface area contributed by atoms with Crippen LogP contribution in [-0.4, -0.2) is 41.6 Å². The zero-order chi connectivity index (χ0) is 15.4. The van der Waals surface area contributed by atoms with Gasteiger partial charge in [0.05, 0.1) is 16.9 Å². The lowest BCUT2D eigenvalue weighted by Crippen LogP contribution is -2.44. The summed E-state index contributed by atoms with van der Waals surface area (Å²) < 4.78 is 32.6. The maximum Gasteiger partial charge on any atom is 0.261 e. The average molecular weight is 321 g/mol. The van der Waals surface area contributed by atoms with E-state index in [2.05, 4.69) is 14.5 Å². The number of rotatable bonds is 2. The molecule has 2 aliphatic heterocycles. The molecule has 1 aliphatic carbocycles. The quantitative estimate of drug-likeness (QED) is 0.836. The molecule has 0 spiro atoms. The first kappa shape index (κ1) is 13.6. The van der Waals surface area contributed by atoms with Crippen LogP contribution in [0.3, 0.4) is 0 Å². The number of allylic oxidation sites excluding steroid dienone is 2. The third kappa shape index (κ3) is 2.08. The molecule has 0 saturated heterocycles. The first-order valence-corrected chi connectivity index (χ1v) is 8.69. The van der Waals surface area contributed by atoms with Gasteiger partial charge >= 0.3 is 0 Å². The molecule has 0 bridgehead atoms. The van der Waals surface area contributed by atoms with Crippen LogP contribution < -0.4 is 5.73 Å². The lowest BCUT2D eigenvalue weighted by Gasteiger charge is -2.34. The summed E-state index contributed by atoms with van der Waals surface area (Å²) in [5, 5.41) is 3.96. The molecule has 2 N–H and O–H groups in total. The summed E-state index contributed by atoms with van der Waals surface area (Å²) in [5.41, 5.74) is 6.17. The van der Waals surface area contributed by atoms with Crippen LogP contribution in [-0.2, 0) is 15.6 Å². The highest BCUT2D eigenvalue weighted by Gasteiger charge is 2.40. The van der Waals surface area contributed by atoms with Crippen LogP contribution in [0.4, 0.5) is 0 Å². The summed E-state index contributed by atoms with van der Waals surface area (Å²) in [7, 11) is -3.45. The normalized spacial score (nSPS) is 25.0. The number of hydrogen-bond donors (Lipinski definition) is 1. The van der Waals surface area contributed by atoms with Crippen molar-refractivity contribution in [1.82, 2.24) is 15.0 Å². The number of hydrogen-bond acceptors (Lipinski definition) is 7. The minimum absolute atomic E-state index is 0.00485. The van der Waals surface area contributed by atoms with Gasteiger partial charge in [0.25, 0.3) is 15.9 Å². The minimum Gasteiger partial charge on any atom is -0.334 e. The predicted molar refractivity (Wildman–Crippen MR) is 79.1 cm³/mol. The molecule has 9 heteroatoms. The van der Waals surface area contributed by atoms with Crippen molar-refractivity contribution in [2.45, 2.75) is 24.8 Å². The van der Waals surface area contributed by atoms with Gasteiger partial charge in [-0.2, -0.15) is 4.98 Å². The van der Waals surface area contributed by atoms with Gasteiger partial charge in [-0.3, -0.25) is 0 Å². The molecule has 4 rings (SSSR count). The van der Waals surface area contributed by atoms with E-state index in [0.29, 0.717) is 23.8 Å². The Bertz CT molecular complexity index is 816. The highest BCUT2D eigenvalue weighted by molar-refractivity contribution is 7.90. The van der Waals surface area contributed by atoms with E-state index in [0.717, 1.165) is 19.3 Å². The lowest BCUT2D eigenvalue weighted by atomic mass is 9.77.